The van der Waals surface area contributed by atoms with Crippen LogP contribution in [0.4, 0.5) is 0 Å². The van der Waals surface area contributed by atoms with Crippen LogP contribution in [0.3, 0.4) is 0 Å². The van der Waals surface area contributed by atoms with E-state index in [2.05, 4.69) is 17.9 Å². The van der Waals surface area contributed by atoms with Crippen molar-refractivity contribution < 1.29 is 81.1 Å². The molecule has 0 saturated carbocycles. The number of thioether (sulfide) groups is 1. The fourth-order valence-corrected chi connectivity index (χ4v) is 5.78. The molecule has 2 heterocycles. The van der Waals surface area contributed by atoms with E-state index in [4.69, 9.17) is 42.7 Å². The molecular weight excluding hydrogens is 835 g/mol. The topological polar surface area (TPSA) is 238 Å². The Bertz CT molecular complexity index is 1310. The lowest BCUT2D eigenvalue weighted by atomic mass is 10.3. The molecule has 5 amide bonds. The van der Waals surface area contributed by atoms with Crippen molar-refractivity contribution in [2.24, 2.45) is 0 Å². The number of carbonyl (C=O) groups is 8. The van der Waals surface area contributed by atoms with Crippen molar-refractivity contribution in [2.45, 2.75) is 77.3 Å². The van der Waals surface area contributed by atoms with Gasteiger partial charge in [0.15, 0.2) is 11.6 Å². The van der Waals surface area contributed by atoms with Crippen molar-refractivity contribution in [2.75, 3.05) is 117 Å². The van der Waals surface area contributed by atoms with E-state index in [1.165, 1.54) is 25.6 Å². The molecule has 2 aliphatic heterocycles. The molecule has 0 aromatic rings. The van der Waals surface area contributed by atoms with Crippen LogP contribution in [0.15, 0.2) is 0 Å². The number of carbonyl (C=O) groups excluding carboxylic acids is 8. The lowest BCUT2D eigenvalue weighted by Crippen LogP contribution is -2.36. The van der Waals surface area contributed by atoms with Crippen molar-refractivity contribution in [3.63, 3.8) is 0 Å². The number of Topliss-reactive ketones (excluding diaryl/α,β-unsaturated/α-hetero) is 2. The van der Waals surface area contributed by atoms with Gasteiger partial charge in [0.25, 0.3) is 11.8 Å². The second-order valence-corrected chi connectivity index (χ2v) is 14.7. The Labute approximate surface area is 361 Å². The van der Waals surface area contributed by atoms with Gasteiger partial charge in [-0.25, -0.2) is 4.79 Å². The SMILES string of the molecule is CC(=O)[C@H](C)OCCOCCS.CC(=O)[C@H](C)OCCOCCSC1CC(=O)N(CCC(=O)NCCOCCOCCOCCOCCC(=O)ON2C(=O)CCC2=O)C1=O. The molecule has 0 radical (unpaired) electrons. The average molecular weight is 898 g/mol. The molecule has 0 aromatic heterocycles. The maximum Gasteiger partial charge on any atom is 0.335 e. The van der Waals surface area contributed by atoms with Crippen molar-refractivity contribution in [1.29, 1.82) is 0 Å². The Kier molecular flexibility index (Phi) is 31.6. The number of rotatable bonds is 35. The van der Waals surface area contributed by atoms with Crippen LogP contribution in [0.2, 0.25) is 0 Å². The van der Waals surface area contributed by atoms with Crippen LogP contribution in [-0.2, 0) is 81.1 Å². The molecule has 60 heavy (non-hydrogen) atoms. The molecule has 0 bridgehead atoms. The Morgan fingerprint density at radius 3 is 1.68 bits per heavy atom. The second-order valence-electron chi connectivity index (χ2n) is 13.0. The third-order valence-electron chi connectivity index (χ3n) is 8.22. The number of nitrogens with one attached hydrogen (secondary N) is 1. The summed E-state index contributed by atoms with van der Waals surface area (Å²) < 4.78 is 42.4. The molecule has 0 spiro atoms. The maximum atomic E-state index is 12.6. The summed E-state index contributed by atoms with van der Waals surface area (Å²) in [6, 6.07) is 0. The summed E-state index contributed by atoms with van der Waals surface area (Å²) in [6.45, 7) is 11.5. The monoisotopic (exact) mass is 897 g/mol. The first-order valence-corrected chi connectivity index (χ1v) is 21.6. The van der Waals surface area contributed by atoms with Gasteiger partial charge in [-0.15, -0.1) is 16.8 Å². The van der Waals surface area contributed by atoms with Gasteiger partial charge in [0, 0.05) is 50.3 Å². The van der Waals surface area contributed by atoms with Gasteiger partial charge in [0.05, 0.1) is 104 Å². The Balaban J connectivity index is 0.00000129. The number of likely N-dealkylation sites (tertiary alicyclic amines) is 1. The van der Waals surface area contributed by atoms with E-state index < -0.39 is 29.1 Å². The third-order valence-corrected chi connectivity index (χ3v) is 9.57. The molecule has 3 atom stereocenters. The average Bonchev–Trinajstić information content (AvgIpc) is 3.67. The third kappa shape index (κ3) is 26.3. The number of hydrogen-bond donors (Lipinski definition) is 2. The molecule has 2 rings (SSSR count). The van der Waals surface area contributed by atoms with Gasteiger partial charge < -0.3 is 48.0 Å². The molecular formula is C38H63N3O17S2. The van der Waals surface area contributed by atoms with E-state index in [0.29, 0.717) is 82.6 Å². The van der Waals surface area contributed by atoms with Crippen LogP contribution in [0.25, 0.3) is 0 Å². The van der Waals surface area contributed by atoms with Gasteiger partial charge in [-0.05, 0) is 27.7 Å². The van der Waals surface area contributed by atoms with Crippen molar-refractivity contribution >= 4 is 71.5 Å². The fraction of sp³-hybridized carbons (Fsp3) is 0.789. The standard InChI is InChI=1S/C30H47N3O14S.C8H16O3S/c1-22(34)23(2)46-18-17-45-19-20-48-24-21-28(38)32(30(24)40)8-5-25(35)31-7-10-42-12-14-44-16-15-43-13-11-41-9-6-29(39)47-33-26(36)3-4-27(33)37;1-7(9)8(2)11-4-3-10-5-6-12/h23-24H,3-21H2,1-2H3,(H,31,35);8,12H,3-6H2,1-2H3/t23-,24?;8-/m00/s1. The van der Waals surface area contributed by atoms with Gasteiger partial charge in [0.1, 0.15) is 12.2 Å². The number of amides is 5. The zero-order valence-corrected chi connectivity index (χ0v) is 36.9. The molecule has 1 N–H and O–H groups in total. The lowest BCUT2D eigenvalue weighted by molar-refractivity contribution is -0.198. The zero-order chi connectivity index (χ0) is 44.5. The molecule has 2 aliphatic rings. The van der Waals surface area contributed by atoms with E-state index in [0.717, 1.165) is 4.90 Å². The van der Waals surface area contributed by atoms with Crippen LogP contribution in [0.5, 0.6) is 0 Å². The molecule has 0 aromatic carbocycles. The lowest BCUT2D eigenvalue weighted by Gasteiger charge is -2.15. The summed E-state index contributed by atoms with van der Waals surface area (Å²) in [7, 11) is 0. The molecule has 2 saturated heterocycles. The van der Waals surface area contributed by atoms with Crippen LogP contribution in [-0.4, -0.2) is 192 Å². The van der Waals surface area contributed by atoms with Crippen molar-refractivity contribution in [3.05, 3.63) is 0 Å². The quantitative estimate of drug-likeness (QED) is 0.0496. The van der Waals surface area contributed by atoms with E-state index in [1.54, 1.807) is 13.8 Å². The molecule has 2 fully saturated rings. The fourth-order valence-electron chi connectivity index (χ4n) is 4.63. The van der Waals surface area contributed by atoms with Crippen LogP contribution in [0.1, 0.15) is 59.8 Å². The molecule has 22 heteroatoms. The summed E-state index contributed by atoms with van der Waals surface area (Å²) in [4.78, 5) is 99.2. The molecule has 1 unspecified atom stereocenters. The predicted octanol–water partition coefficient (Wildman–Crippen LogP) is 0.355. The Morgan fingerprint density at radius 2 is 1.15 bits per heavy atom. The first-order valence-electron chi connectivity index (χ1n) is 19.9. The highest BCUT2D eigenvalue weighted by molar-refractivity contribution is 8.00. The largest absolute Gasteiger partial charge is 0.378 e. The minimum absolute atomic E-state index is 0.000420. The minimum atomic E-state index is -0.727. The van der Waals surface area contributed by atoms with Gasteiger partial charge in [-0.2, -0.15) is 12.6 Å². The number of hydrogen-bond acceptors (Lipinski definition) is 19. The normalized spacial score (nSPS) is 16.2. The summed E-state index contributed by atoms with van der Waals surface area (Å²) >= 11 is 5.32. The summed E-state index contributed by atoms with van der Waals surface area (Å²) in [5.74, 6) is -1.46. The van der Waals surface area contributed by atoms with Gasteiger partial charge in [0.2, 0.25) is 17.7 Å². The van der Waals surface area contributed by atoms with Crippen LogP contribution in [0, 0.1) is 0 Å². The smallest absolute Gasteiger partial charge is 0.335 e. The van der Waals surface area contributed by atoms with Gasteiger partial charge in [-0.3, -0.25) is 38.5 Å². The number of imide groups is 2. The van der Waals surface area contributed by atoms with E-state index in [9.17, 15) is 38.4 Å². The van der Waals surface area contributed by atoms with E-state index >= 15 is 0 Å². The Hall–Kier alpha value is -3.06. The Morgan fingerprint density at radius 1 is 0.667 bits per heavy atom. The van der Waals surface area contributed by atoms with Gasteiger partial charge in [-0.1, -0.05) is 0 Å². The predicted molar refractivity (Wildman–Crippen MR) is 218 cm³/mol. The summed E-state index contributed by atoms with van der Waals surface area (Å²) in [5, 5.41) is 2.70. The number of hydroxylamine groups is 2. The van der Waals surface area contributed by atoms with Gasteiger partial charge >= 0.3 is 5.97 Å². The highest BCUT2D eigenvalue weighted by atomic mass is 32.2. The summed E-state index contributed by atoms with van der Waals surface area (Å²) in [6.07, 6.45) is -0.718. The number of nitrogens with zero attached hydrogens (tertiary/aromatic N) is 2. The van der Waals surface area contributed by atoms with Crippen molar-refractivity contribution in [1.82, 2.24) is 15.3 Å². The number of thiol groups is 1. The van der Waals surface area contributed by atoms with Crippen molar-refractivity contribution in [3.8, 4) is 0 Å². The second kappa shape index (κ2) is 34.5. The zero-order valence-electron chi connectivity index (χ0n) is 35.2. The first-order chi connectivity index (χ1) is 28.8. The molecule has 20 nitrogen and oxygen atoms in total. The minimum Gasteiger partial charge on any atom is -0.378 e. The highest BCUT2D eigenvalue weighted by Gasteiger charge is 2.38. The van der Waals surface area contributed by atoms with Crippen LogP contribution >= 0.6 is 24.4 Å². The molecule has 344 valence electrons. The van der Waals surface area contributed by atoms with E-state index in [1.807, 2.05) is 0 Å². The van der Waals surface area contributed by atoms with E-state index in [-0.39, 0.29) is 107 Å². The summed E-state index contributed by atoms with van der Waals surface area (Å²) in [5.41, 5.74) is 0. The molecule has 0 aliphatic carbocycles. The maximum absolute atomic E-state index is 12.6. The van der Waals surface area contributed by atoms with Crippen LogP contribution < -0.4 is 5.32 Å². The number of ketones is 2. The number of ether oxygens (including phenoxy) is 8. The highest BCUT2D eigenvalue weighted by Crippen LogP contribution is 2.25. The first kappa shape index (κ1) is 55.0.